The molecule has 1 unspecified atom stereocenters. The molecule has 18 heavy (non-hydrogen) atoms. The van der Waals surface area contributed by atoms with Gasteiger partial charge in [-0.3, -0.25) is 9.79 Å². The second kappa shape index (κ2) is 8.25. The number of aliphatic hydroxyl groups is 1. The molecular weight excluding hydrogens is 242 g/mol. The third-order valence-corrected chi connectivity index (χ3v) is 2.18. The number of aliphatic hydroxyl groups excluding tert-OH is 1. The van der Waals surface area contributed by atoms with E-state index in [-0.39, 0.29) is 32.1 Å². The molecule has 2 atom stereocenters. The van der Waals surface area contributed by atoms with Crippen molar-refractivity contribution in [1.82, 2.24) is 5.32 Å². The average Bonchev–Trinajstić information content (AvgIpc) is 2.31. The smallest absolute Gasteiger partial charge is 0.326 e. The van der Waals surface area contributed by atoms with E-state index in [1.165, 1.54) is 0 Å². The zero-order valence-corrected chi connectivity index (χ0v) is 9.87. The molecule has 0 saturated carbocycles. The van der Waals surface area contributed by atoms with E-state index in [9.17, 15) is 9.59 Å². The third kappa shape index (κ3) is 6.66. The molecule has 0 aliphatic carbocycles. The number of carbonyl (C=O) groups is 2. The number of aliphatic imine (C=N–C) groups is 1. The molecule has 0 radical (unpaired) electrons. The fraction of sp³-hybridized carbons (Fsp3) is 0.667. The second-order valence-corrected chi connectivity index (χ2v) is 3.71. The van der Waals surface area contributed by atoms with Crippen molar-refractivity contribution in [1.29, 1.82) is 0 Å². The van der Waals surface area contributed by atoms with Gasteiger partial charge in [-0.15, -0.1) is 0 Å². The molecule has 0 aromatic rings. The number of hydrogen-bond acceptors (Lipinski definition) is 5. The highest BCUT2D eigenvalue weighted by Gasteiger charge is 2.23. The summed E-state index contributed by atoms with van der Waals surface area (Å²) in [5.74, 6) is -2.40. The van der Waals surface area contributed by atoms with E-state index in [0.717, 1.165) is 0 Å². The van der Waals surface area contributed by atoms with Crippen molar-refractivity contribution >= 4 is 17.8 Å². The molecule has 9 heteroatoms. The fourth-order valence-electron chi connectivity index (χ4n) is 1.25. The molecule has 9 N–H and O–H groups in total. The summed E-state index contributed by atoms with van der Waals surface area (Å²) in [7, 11) is 0. The SMILES string of the molecule is NCC(=O)N[C@@H](CC(CO)CN=C(N)N)C(=O)O. The van der Waals surface area contributed by atoms with Gasteiger partial charge in [0.25, 0.3) is 0 Å². The van der Waals surface area contributed by atoms with Crippen molar-refractivity contribution in [2.24, 2.45) is 28.1 Å². The van der Waals surface area contributed by atoms with Crippen molar-refractivity contribution in [3.63, 3.8) is 0 Å². The lowest BCUT2D eigenvalue weighted by atomic mass is 10.0. The molecule has 0 aromatic carbocycles. The normalized spacial score (nSPS) is 13.4. The first-order valence-electron chi connectivity index (χ1n) is 5.29. The third-order valence-electron chi connectivity index (χ3n) is 2.18. The molecule has 1 amide bonds. The molecular formula is C9H19N5O4. The van der Waals surface area contributed by atoms with Crippen LogP contribution in [0.25, 0.3) is 0 Å². The largest absolute Gasteiger partial charge is 0.480 e. The number of carboxylic acids is 1. The minimum absolute atomic E-state index is 0.00829. The van der Waals surface area contributed by atoms with Gasteiger partial charge in [-0.2, -0.15) is 0 Å². The van der Waals surface area contributed by atoms with Crippen LogP contribution in [0.4, 0.5) is 0 Å². The first-order valence-corrected chi connectivity index (χ1v) is 5.29. The van der Waals surface area contributed by atoms with Gasteiger partial charge in [0.1, 0.15) is 6.04 Å². The van der Waals surface area contributed by atoms with E-state index >= 15 is 0 Å². The van der Waals surface area contributed by atoms with Crippen LogP contribution >= 0.6 is 0 Å². The minimum Gasteiger partial charge on any atom is -0.480 e. The predicted octanol–water partition coefficient (Wildman–Crippen LogP) is -3.21. The van der Waals surface area contributed by atoms with Gasteiger partial charge in [0.15, 0.2) is 5.96 Å². The Morgan fingerprint density at radius 2 is 1.94 bits per heavy atom. The summed E-state index contributed by atoms with van der Waals surface area (Å²) in [5.41, 5.74) is 15.3. The lowest BCUT2D eigenvalue weighted by Crippen LogP contribution is -2.45. The number of rotatable bonds is 8. The Hall–Kier alpha value is -1.87. The number of nitrogens with two attached hydrogens (primary N) is 3. The highest BCUT2D eigenvalue weighted by Crippen LogP contribution is 2.07. The molecule has 0 aliphatic heterocycles. The lowest BCUT2D eigenvalue weighted by Gasteiger charge is -2.18. The number of carboxylic acid groups (broad SMARTS) is 1. The van der Waals surface area contributed by atoms with Gasteiger partial charge in [-0.05, 0) is 6.42 Å². The van der Waals surface area contributed by atoms with Gasteiger partial charge in [-0.25, -0.2) is 4.79 Å². The van der Waals surface area contributed by atoms with Crippen molar-refractivity contribution in [2.75, 3.05) is 19.7 Å². The zero-order valence-electron chi connectivity index (χ0n) is 9.87. The predicted molar refractivity (Wildman–Crippen MR) is 64.5 cm³/mol. The number of amides is 1. The van der Waals surface area contributed by atoms with E-state index in [0.29, 0.717) is 0 Å². The van der Waals surface area contributed by atoms with E-state index in [4.69, 9.17) is 27.4 Å². The summed E-state index contributed by atoms with van der Waals surface area (Å²) in [6.45, 7) is -0.512. The van der Waals surface area contributed by atoms with Crippen molar-refractivity contribution in [3.8, 4) is 0 Å². The molecule has 0 fully saturated rings. The summed E-state index contributed by atoms with van der Waals surface area (Å²) in [6, 6.07) is -1.13. The Bertz CT molecular complexity index is 316. The zero-order chi connectivity index (χ0) is 14.1. The number of nitrogens with one attached hydrogen (secondary N) is 1. The van der Waals surface area contributed by atoms with Crippen molar-refractivity contribution in [3.05, 3.63) is 0 Å². The maximum absolute atomic E-state index is 11.0. The van der Waals surface area contributed by atoms with E-state index in [1.807, 2.05) is 0 Å². The first kappa shape index (κ1) is 16.1. The number of hydrogen-bond donors (Lipinski definition) is 6. The minimum atomic E-state index is -1.21. The monoisotopic (exact) mass is 261 g/mol. The van der Waals surface area contributed by atoms with Crippen LogP contribution in [-0.2, 0) is 9.59 Å². The quantitative estimate of drug-likeness (QED) is 0.196. The lowest BCUT2D eigenvalue weighted by molar-refractivity contribution is -0.142. The summed E-state index contributed by atoms with van der Waals surface area (Å²) in [6.07, 6.45) is 0.00829. The highest BCUT2D eigenvalue weighted by atomic mass is 16.4. The van der Waals surface area contributed by atoms with Crippen LogP contribution < -0.4 is 22.5 Å². The van der Waals surface area contributed by atoms with Crippen molar-refractivity contribution in [2.45, 2.75) is 12.5 Å². The standard InChI is InChI=1S/C9H19N5O4/c10-2-7(16)14-6(8(17)18)1-5(4-15)3-13-9(11)12/h5-6,15H,1-4,10H2,(H,14,16)(H,17,18)(H4,11,12,13)/t5?,6-/m0/s1. The number of carbonyl (C=O) groups excluding carboxylic acids is 1. The maximum atomic E-state index is 11.0. The summed E-state index contributed by atoms with van der Waals surface area (Å²) < 4.78 is 0. The van der Waals surface area contributed by atoms with Gasteiger partial charge in [0, 0.05) is 19.1 Å². The number of nitrogens with zero attached hydrogens (tertiary/aromatic N) is 1. The van der Waals surface area contributed by atoms with Gasteiger partial charge in [-0.1, -0.05) is 0 Å². The Labute approximate surface area is 104 Å². The van der Waals surface area contributed by atoms with Gasteiger partial charge < -0.3 is 32.7 Å². The second-order valence-electron chi connectivity index (χ2n) is 3.71. The van der Waals surface area contributed by atoms with Crippen LogP contribution in [0, 0.1) is 5.92 Å². The van der Waals surface area contributed by atoms with Gasteiger partial charge >= 0.3 is 5.97 Å². The molecule has 9 nitrogen and oxygen atoms in total. The van der Waals surface area contributed by atoms with Gasteiger partial charge in [0.2, 0.25) is 5.91 Å². The van der Waals surface area contributed by atoms with Crippen LogP contribution in [0.2, 0.25) is 0 Å². The van der Waals surface area contributed by atoms with Crippen molar-refractivity contribution < 1.29 is 19.8 Å². The molecule has 0 rings (SSSR count). The Morgan fingerprint density at radius 3 is 2.33 bits per heavy atom. The Morgan fingerprint density at radius 1 is 1.33 bits per heavy atom. The van der Waals surface area contributed by atoms with Crippen LogP contribution in [-0.4, -0.2) is 53.8 Å². The van der Waals surface area contributed by atoms with E-state index in [1.54, 1.807) is 0 Å². The fourth-order valence-corrected chi connectivity index (χ4v) is 1.25. The number of aliphatic carboxylic acids is 1. The van der Waals surface area contributed by atoms with Gasteiger partial charge in [0.05, 0.1) is 6.54 Å². The Kier molecular flexibility index (Phi) is 7.40. The maximum Gasteiger partial charge on any atom is 0.326 e. The van der Waals surface area contributed by atoms with E-state index in [2.05, 4.69) is 10.3 Å². The molecule has 0 saturated heterocycles. The molecule has 104 valence electrons. The molecule has 0 aliphatic rings. The summed E-state index contributed by atoms with van der Waals surface area (Å²) in [4.78, 5) is 25.6. The van der Waals surface area contributed by atoms with Crippen LogP contribution in [0.1, 0.15) is 6.42 Å². The topological polar surface area (TPSA) is 177 Å². The van der Waals surface area contributed by atoms with Crippen LogP contribution in [0.3, 0.4) is 0 Å². The van der Waals surface area contributed by atoms with Crippen LogP contribution in [0.15, 0.2) is 4.99 Å². The number of guanidine groups is 1. The highest BCUT2D eigenvalue weighted by molar-refractivity contribution is 5.84. The average molecular weight is 261 g/mol. The van der Waals surface area contributed by atoms with E-state index < -0.39 is 23.8 Å². The first-order chi connectivity index (χ1) is 8.40. The molecule has 0 spiro atoms. The van der Waals surface area contributed by atoms with Crippen LogP contribution in [0.5, 0.6) is 0 Å². The summed E-state index contributed by atoms with van der Waals surface area (Å²) in [5, 5.41) is 20.2. The molecule has 0 heterocycles. The molecule has 0 aromatic heterocycles. The molecule has 0 bridgehead atoms. The Balaban J connectivity index is 4.48. The summed E-state index contributed by atoms with van der Waals surface area (Å²) >= 11 is 0.